The van der Waals surface area contributed by atoms with Crippen LogP contribution in [0.15, 0.2) is 95.6 Å². The molecule has 0 spiro atoms. The Hall–Kier alpha value is -3.86. The maximum Gasteiger partial charge on any atom is 0.252 e. The molecule has 4 aromatic rings. The number of hydrogen-bond donors (Lipinski definition) is 2. The molecule has 1 aromatic heterocycles. The van der Waals surface area contributed by atoms with Crippen LogP contribution in [-0.2, 0) is 6.42 Å². The Morgan fingerprint density at radius 3 is 2.32 bits per heavy atom. The second-order valence-electron chi connectivity index (χ2n) is 7.41. The van der Waals surface area contributed by atoms with Crippen LogP contribution in [0, 0.1) is 0 Å². The van der Waals surface area contributed by atoms with Crippen LogP contribution in [0.5, 0.6) is 0 Å². The van der Waals surface area contributed by atoms with Crippen molar-refractivity contribution in [3.63, 3.8) is 0 Å². The van der Waals surface area contributed by atoms with E-state index in [4.69, 9.17) is 4.42 Å². The molecule has 156 valence electrons. The number of rotatable bonds is 8. The molecule has 5 heteroatoms. The molecule has 5 nitrogen and oxygen atoms in total. The SMILES string of the molecule is O=C(N[C@@H](CCc1ccccc1)CNC(=O)c1cccc2occc12)c1ccccc1. The molecule has 0 saturated heterocycles. The summed E-state index contributed by atoms with van der Waals surface area (Å²) in [6, 6.07) is 26.2. The summed E-state index contributed by atoms with van der Waals surface area (Å²) in [6.07, 6.45) is 3.08. The number of nitrogens with one attached hydrogen (secondary N) is 2. The van der Waals surface area contributed by atoms with E-state index in [2.05, 4.69) is 22.8 Å². The first-order chi connectivity index (χ1) is 15.2. The van der Waals surface area contributed by atoms with Crippen LogP contribution in [0.2, 0.25) is 0 Å². The van der Waals surface area contributed by atoms with Crippen LogP contribution in [0.25, 0.3) is 11.0 Å². The van der Waals surface area contributed by atoms with Crippen molar-refractivity contribution >= 4 is 22.8 Å². The summed E-state index contributed by atoms with van der Waals surface area (Å²) in [5.41, 5.74) is 3.02. The summed E-state index contributed by atoms with van der Waals surface area (Å²) in [6.45, 7) is 0.332. The molecule has 3 aromatic carbocycles. The van der Waals surface area contributed by atoms with Crippen molar-refractivity contribution < 1.29 is 14.0 Å². The van der Waals surface area contributed by atoms with Crippen LogP contribution >= 0.6 is 0 Å². The third kappa shape index (κ3) is 5.20. The number of furan rings is 1. The fraction of sp³-hybridized carbons (Fsp3) is 0.154. The number of hydrogen-bond acceptors (Lipinski definition) is 3. The summed E-state index contributed by atoms with van der Waals surface area (Å²) in [5, 5.41) is 6.82. The maximum atomic E-state index is 12.8. The van der Waals surface area contributed by atoms with Gasteiger partial charge >= 0.3 is 0 Å². The Kier molecular flexibility index (Phi) is 6.43. The minimum Gasteiger partial charge on any atom is -0.464 e. The van der Waals surface area contributed by atoms with Gasteiger partial charge in [-0.25, -0.2) is 0 Å². The van der Waals surface area contributed by atoms with Crippen molar-refractivity contribution in [1.29, 1.82) is 0 Å². The smallest absolute Gasteiger partial charge is 0.252 e. The van der Waals surface area contributed by atoms with Crippen LogP contribution in [0.1, 0.15) is 32.7 Å². The topological polar surface area (TPSA) is 71.3 Å². The Morgan fingerprint density at radius 1 is 0.806 bits per heavy atom. The van der Waals surface area contributed by atoms with E-state index in [0.29, 0.717) is 29.7 Å². The first-order valence-electron chi connectivity index (χ1n) is 10.3. The van der Waals surface area contributed by atoms with Gasteiger partial charge in [0.2, 0.25) is 0 Å². The minimum atomic E-state index is -0.208. The third-order valence-electron chi connectivity index (χ3n) is 5.24. The predicted octanol–water partition coefficient (Wildman–Crippen LogP) is 4.59. The van der Waals surface area contributed by atoms with E-state index in [1.54, 1.807) is 36.6 Å². The zero-order chi connectivity index (χ0) is 21.5. The second-order valence-corrected chi connectivity index (χ2v) is 7.41. The van der Waals surface area contributed by atoms with Gasteiger partial charge in [0.1, 0.15) is 5.58 Å². The molecule has 0 unspecified atom stereocenters. The standard InChI is InChI=1S/C26H24N2O3/c29-25(20-10-5-2-6-11-20)28-21(15-14-19-8-3-1-4-9-19)18-27-26(30)23-12-7-13-24-22(23)16-17-31-24/h1-13,16-17,21H,14-15,18H2,(H,27,30)(H,28,29)/t21-/m0/s1. The van der Waals surface area contributed by atoms with E-state index < -0.39 is 0 Å². The highest BCUT2D eigenvalue weighted by molar-refractivity contribution is 6.05. The highest BCUT2D eigenvalue weighted by Crippen LogP contribution is 2.19. The van der Waals surface area contributed by atoms with Gasteiger partial charge in [0, 0.05) is 23.5 Å². The molecule has 0 saturated carbocycles. The molecule has 0 bridgehead atoms. The summed E-state index contributed by atoms with van der Waals surface area (Å²) >= 11 is 0. The number of carbonyl (C=O) groups is 2. The number of benzene rings is 3. The third-order valence-corrected chi connectivity index (χ3v) is 5.24. The Labute approximate surface area is 181 Å². The highest BCUT2D eigenvalue weighted by Gasteiger charge is 2.17. The molecule has 0 aliphatic rings. The molecular formula is C26H24N2O3. The van der Waals surface area contributed by atoms with Crippen molar-refractivity contribution in [3.05, 3.63) is 108 Å². The quantitative estimate of drug-likeness (QED) is 0.445. The van der Waals surface area contributed by atoms with E-state index in [1.807, 2.05) is 42.5 Å². The van der Waals surface area contributed by atoms with E-state index in [0.717, 1.165) is 11.8 Å². The van der Waals surface area contributed by atoms with Gasteiger partial charge in [-0.05, 0) is 48.7 Å². The zero-order valence-electron chi connectivity index (χ0n) is 17.1. The summed E-state index contributed by atoms with van der Waals surface area (Å²) in [7, 11) is 0. The molecule has 2 amide bonds. The normalized spacial score (nSPS) is 11.7. The summed E-state index contributed by atoms with van der Waals surface area (Å²) < 4.78 is 5.39. The zero-order valence-corrected chi connectivity index (χ0v) is 17.1. The molecule has 0 aliphatic heterocycles. The first-order valence-corrected chi connectivity index (χ1v) is 10.3. The van der Waals surface area contributed by atoms with Crippen molar-refractivity contribution in [2.45, 2.75) is 18.9 Å². The highest BCUT2D eigenvalue weighted by atomic mass is 16.3. The number of amides is 2. The van der Waals surface area contributed by atoms with Crippen LogP contribution in [-0.4, -0.2) is 24.4 Å². The van der Waals surface area contributed by atoms with Crippen molar-refractivity contribution in [1.82, 2.24) is 10.6 Å². The predicted molar refractivity (Wildman–Crippen MR) is 121 cm³/mol. The largest absolute Gasteiger partial charge is 0.464 e. The van der Waals surface area contributed by atoms with Gasteiger partial charge < -0.3 is 15.1 Å². The molecule has 1 heterocycles. The van der Waals surface area contributed by atoms with Crippen LogP contribution < -0.4 is 10.6 Å². The van der Waals surface area contributed by atoms with Crippen LogP contribution in [0.3, 0.4) is 0 Å². The molecule has 0 fully saturated rings. The lowest BCUT2D eigenvalue weighted by Crippen LogP contribution is -2.44. The average molecular weight is 412 g/mol. The molecule has 2 N–H and O–H groups in total. The Bertz CT molecular complexity index is 1150. The monoisotopic (exact) mass is 412 g/mol. The molecule has 4 rings (SSSR count). The van der Waals surface area contributed by atoms with Crippen molar-refractivity contribution in [3.8, 4) is 0 Å². The van der Waals surface area contributed by atoms with Gasteiger partial charge in [-0.3, -0.25) is 9.59 Å². The van der Waals surface area contributed by atoms with Gasteiger partial charge in [-0.2, -0.15) is 0 Å². The number of carbonyl (C=O) groups excluding carboxylic acids is 2. The summed E-state index contributed by atoms with van der Waals surface area (Å²) in [4.78, 5) is 25.5. The van der Waals surface area contributed by atoms with Crippen LogP contribution in [0.4, 0.5) is 0 Å². The maximum absolute atomic E-state index is 12.8. The van der Waals surface area contributed by atoms with Gasteiger partial charge in [0.05, 0.1) is 11.8 Å². The fourth-order valence-corrected chi connectivity index (χ4v) is 3.57. The van der Waals surface area contributed by atoms with Gasteiger partial charge in [-0.15, -0.1) is 0 Å². The molecule has 1 atom stereocenters. The molecule has 31 heavy (non-hydrogen) atoms. The van der Waals surface area contributed by atoms with Crippen molar-refractivity contribution in [2.75, 3.05) is 6.54 Å². The molecule has 0 aliphatic carbocycles. The van der Waals surface area contributed by atoms with Gasteiger partial charge in [0.15, 0.2) is 0 Å². The van der Waals surface area contributed by atoms with E-state index in [1.165, 1.54) is 5.56 Å². The van der Waals surface area contributed by atoms with Crippen molar-refractivity contribution in [2.24, 2.45) is 0 Å². The lowest BCUT2D eigenvalue weighted by atomic mass is 10.0. The van der Waals surface area contributed by atoms with E-state index in [-0.39, 0.29) is 17.9 Å². The van der Waals surface area contributed by atoms with Gasteiger partial charge in [-0.1, -0.05) is 54.6 Å². The lowest BCUT2D eigenvalue weighted by Gasteiger charge is -2.20. The Morgan fingerprint density at radius 2 is 1.55 bits per heavy atom. The Balaban J connectivity index is 1.44. The molecular weight excluding hydrogens is 388 g/mol. The second kappa shape index (κ2) is 9.76. The lowest BCUT2D eigenvalue weighted by molar-refractivity contribution is 0.0907. The molecule has 0 radical (unpaired) electrons. The summed E-state index contributed by atoms with van der Waals surface area (Å²) in [5.74, 6) is -0.337. The van der Waals surface area contributed by atoms with E-state index in [9.17, 15) is 9.59 Å². The fourth-order valence-electron chi connectivity index (χ4n) is 3.57. The minimum absolute atomic E-state index is 0.148. The van der Waals surface area contributed by atoms with E-state index >= 15 is 0 Å². The number of fused-ring (bicyclic) bond motifs is 1. The average Bonchev–Trinajstić information content (AvgIpc) is 3.31. The van der Waals surface area contributed by atoms with Gasteiger partial charge in [0.25, 0.3) is 11.8 Å². The first kappa shape index (κ1) is 20.4. The number of aryl methyl sites for hydroxylation is 1.